The first-order chi connectivity index (χ1) is 11.7. The first kappa shape index (κ1) is 19.7. The van der Waals surface area contributed by atoms with Crippen molar-refractivity contribution in [2.45, 2.75) is 71.7 Å². The number of amides is 1. The fourth-order valence-corrected chi connectivity index (χ4v) is 3.00. The van der Waals surface area contributed by atoms with E-state index in [1.807, 2.05) is 34.6 Å². The Labute approximate surface area is 149 Å². The molecule has 0 unspecified atom stereocenters. The van der Waals surface area contributed by atoms with E-state index >= 15 is 0 Å². The fourth-order valence-electron chi connectivity index (χ4n) is 3.00. The van der Waals surface area contributed by atoms with Gasteiger partial charge >= 0.3 is 6.09 Å². The molecule has 2 heterocycles. The van der Waals surface area contributed by atoms with E-state index in [9.17, 15) is 9.90 Å². The molecule has 2 rings (SSSR count). The number of carbonyl (C=O) groups excluding carboxylic acids is 1. The number of hydrogen-bond donors (Lipinski definition) is 2. The van der Waals surface area contributed by atoms with Gasteiger partial charge in [-0.1, -0.05) is 13.8 Å². The van der Waals surface area contributed by atoms with Gasteiger partial charge in [0.2, 0.25) is 5.89 Å². The molecule has 0 radical (unpaired) electrons. The van der Waals surface area contributed by atoms with E-state index in [1.54, 1.807) is 6.20 Å². The molecular weight excluding hydrogens is 322 g/mol. The summed E-state index contributed by atoms with van der Waals surface area (Å²) < 4.78 is 11.2. The van der Waals surface area contributed by atoms with Gasteiger partial charge in [0.25, 0.3) is 0 Å². The average Bonchev–Trinajstić information content (AvgIpc) is 3.12. The lowest BCUT2D eigenvalue weighted by atomic mass is 10.1. The Morgan fingerprint density at radius 3 is 2.84 bits per heavy atom. The second-order valence-corrected chi connectivity index (χ2v) is 7.98. The van der Waals surface area contributed by atoms with Crippen LogP contribution in [0.4, 0.5) is 4.79 Å². The Morgan fingerprint density at radius 1 is 1.52 bits per heavy atom. The number of alkyl carbamates (subject to hydrolysis) is 1. The van der Waals surface area contributed by atoms with E-state index in [0.717, 1.165) is 25.1 Å². The van der Waals surface area contributed by atoms with Gasteiger partial charge in [0, 0.05) is 6.04 Å². The number of nitrogens with one attached hydrogen (secondary N) is 1. The number of nitrogens with zero attached hydrogens (tertiary/aromatic N) is 2. The van der Waals surface area contributed by atoms with Crippen LogP contribution in [0.3, 0.4) is 0 Å². The second-order valence-electron chi connectivity index (χ2n) is 7.98. The highest BCUT2D eigenvalue weighted by atomic mass is 16.6. The monoisotopic (exact) mass is 353 g/mol. The lowest BCUT2D eigenvalue weighted by Crippen LogP contribution is -2.37. The largest absolute Gasteiger partial charge is 0.444 e. The first-order valence-electron chi connectivity index (χ1n) is 8.98. The highest BCUT2D eigenvalue weighted by Gasteiger charge is 2.28. The van der Waals surface area contributed by atoms with Crippen LogP contribution in [0.15, 0.2) is 10.6 Å². The molecule has 1 saturated heterocycles. The minimum atomic E-state index is -0.553. The molecule has 0 spiro atoms. The third kappa shape index (κ3) is 5.71. The van der Waals surface area contributed by atoms with Crippen molar-refractivity contribution in [3.8, 4) is 0 Å². The smallest absolute Gasteiger partial charge is 0.408 e. The summed E-state index contributed by atoms with van der Waals surface area (Å²) in [4.78, 5) is 18.6. The standard InChI is InChI=1S/C18H31N3O4/c1-12(2)15(20-17(23)25-18(3,4)5)16-19-9-14(24-16)10-21-8-6-7-13(21)11-22/h9,12-13,15,22H,6-8,10-11H2,1-5H3,(H,20,23)/t13-,15-/m0/s1. The van der Waals surface area contributed by atoms with Crippen molar-refractivity contribution in [3.05, 3.63) is 17.8 Å². The van der Waals surface area contributed by atoms with Gasteiger partial charge < -0.3 is 19.6 Å². The SMILES string of the molecule is CC(C)[C@H](NC(=O)OC(C)(C)C)c1ncc(CN2CCC[C@H]2CO)o1. The summed E-state index contributed by atoms with van der Waals surface area (Å²) in [6.07, 6.45) is 3.31. The molecule has 142 valence electrons. The molecule has 0 aliphatic carbocycles. The van der Waals surface area contributed by atoms with Crippen LogP contribution in [0.25, 0.3) is 0 Å². The molecule has 2 N–H and O–H groups in total. The van der Waals surface area contributed by atoms with Crippen LogP contribution < -0.4 is 5.32 Å². The predicted molar refractivity (Wildman–Crippen MR) is 94.0 cm³/mol. The zero-order valence-corrected chi connectivity index (χ0v) is 15.9. The third-order valence-electron chi connectivity index (χ3n) is 4.25. The maximum absolute atomic E-state index is 12.1. The van der Waals surface area contributed by atoms with Crippen molar-refractivity contribution in [3.63, 3.8) is 0 Å². The summed E-state index contributed by atoms with van der Waals surface area (Å²) >= 11 is 0. The number of aliphatic hydroxyl groups excluding tert-OH is 1. The number of rotatable bonds is 6. The van der Waals surface area contributed by atoms with Crippen molar-refractivity contribution in [2.75, 3.05) is 13.2 Å². The quantitative estimate of drug-likeness (QED) is 0.818. The van der Waals surface area contributed by atoms with E-state index < -0.39 is 11.7 Å². The van der Waals surface area contributed by atoms with Gasteiger partial charge in [-0.2, -0.15) is 0 Å². The van der Waals surface area contributed by atoms with Crippen LogP contribution in [-0.2, 0) is 11.3 Å². The molecule has 1 fully saturated rings. The number of carbonyl (C=O) groups is 1. The summed E-state index contributed by atoms with van der Waals surface area (Å²) in [6, 6.07) is -0.162. The zero-order chi connectivity index (χ0) is 18.6. The van der Waals surface area contributed by atoms with Crippen LogP contribution in [0.2, 0.25) is 0 Å². The van der Waals surface area contributed by atoms with E-state index in [1.165, 1.54) is 0 Å². The van der Waals surface area contributed by atoms with Crippen LogP contribution in [0.5, 0.6) is 0 Å². The number of aliphatic hydroxyl groups is 1. The van der Waals surface area contributed by atoms with Crippen molar-refractivity contribution in [2.24, 2.45) is 5.92 Å². The Hall–Kier alpha value is -1.60. The van der Waals surface area contributed by atoms with Gasteiger partial charge in [0.05, 0.1) is 19.3 Å². The molecule has 0 bridgehead atoms. The number of ether oxygens (including phenoxy) is 1. The zero-order valence-electron chi connectivity index (χ0n) is 15.9. The molecule has 0 saturated carbocycles. The normalized spacial score (nSPS) is 20.0. The molecule has 1 aliphatic rings. The molecule has 1 aliphatic heterocycles. The van der Waals surface area contributed by atoms with Gasteiger partial charge in [0.15, 0.2) is 0 Å². The van der Waals surface area contributed by atoms with Crippen molar-refractivity contribution < 1.29 is 19.1 Å². The van der Waals surface area contributed by atoms with Gasteiger partial charge in [-0.3, -0.25) is 4.90 Å². The maximum Gasteiger partial charge on any atom is 0.408 e. The van der Waals surface area contributed by atoms with Gasteiger partial charge in [-0.15, -0.1) is 0 Å². The summed E-state index contributed by atoms with van der Waals surface area (Å²) in [7, 11) is 0. The fraction of sp³-hybridized carbons (Fsp3) is 0.778. The molecule has 7 nitrogen and oxygen atoms in total. The predicted octanol–water partition coefficient (Wildman–Crippen LogP) is 2.85. The molecule has 1 aromatic heterocycles. The maximum atomic E-state index is 12.1. The van der Waals surface area contributed by atoms with Gasteiger partial charge in [-0.05, 0) is 46.1 Å². The molecule has 25 heavy (non-hydrogen) atoms. The summed E-state index contributed by atoms with van der Waals surface area (Å²) in [5.74, 6) is 1.33. The molecule has 0 aromatic carbocycles. The van der Waals surface area contributed by atoms with E-state index in [-0.39, 0.29) is 24.6 Å². The van der Waals surface area contributed by atoms with E-state index in [0.29, 0.717) is 12.4 Å². The highest BCUT2D eigenvalue weighted by Crippen LogP contribution is 2.25. The van der Waals surface area contributed by atoms with Crippen LogP contribution in [0, 0.1) is 5.92 Å². The molecule has 7 heteroatoms. The minimum absolute atomic E-state index is 0.107. The number of likely N-dealkylation sites (tertiary alicyclic amines) is 1. The second kappa shape index (κ2) is 8.19. The van der Waals surface area contributed by atoms with Crippen molar-refractivity contribution in [1.82, 2.24) is 15.2 Å². The summed E-state index contributed by atoms with van der Waals surface area (Å²) in [6.45, 7) is 11.2. The Balaban J connectivity index is 2.02. The van der Waals surface area contributed by atoms with Crippen LogP contribution >= 0.6 is 0 Å². The number of hydrogen-bond acceptors (Lipinski definition) is 6. The van der Waals surface area contributed by atoms with Crippen LogP contribution in [-0.4, -0.2) is 45.9 Å². The van der Waals surface area contributed by atoms with Gasteiger partial charge in [0.1, 0.15) is 17.4 Å². The highest BCUT2D eigenvalue weighted by molar-refractivity contribution is 5.68. The number of aromatic nitrogens is 1. The molecule has 1 amide bonds. The Bertz CT molecular complexity index is 565. The van der Waals surface area contributed by atoms with Gasteiger partial charge in [-0.25, -0.2) is 9.78 Å². The number of oxazole rings is 1. The summed E-state index contributed by atoms with van der Waals surface area (Å²) in [5.41, 5.74) is -0.553. The van der Waals surface area contributed by atoms with Crippen molar-refractivity contribution in [1.29, 1.82) is 0 Å². The Kier molecular flexibility index (Phi) is 6.46. The topological polar surface area (TPSA) is 87.8 Å². The van der Waals surface area contributed by atoms with Crippen molar-refractivity contribution >= 4 is 6.09 Å². The lowest BCUT2D eigenvalue weighted by molar-refractivity contribution is 0.0478. The van der Waals surface area contributed by atoms with E-state index in [4.69, 9.17) is 9.15 Å². The molecule has 2 atom stereocenters. The van der Waals surface area contributed by atoms with Crippen LogP contribution in [0.1, 0.15) is 65.2 Å². The molecular formula is C18H31N3O4. The first-order valence-corrected chi connectivity index (χ1v) is 8.98. The molecule has 1 aromatic rings. The summed E-state index contributed by atoms with van der Waals surface area (Å²) in [5, 5.41) is 12.3. The average molecular weight is 353 g/mol. The van der Waals surface area contributed by atoms with E-state index in [2.05, 4.69) is 15.2 Å². The lowest BCUT2D eigenvalue weighted by Gasteiger charge is -2.24. The third-order valence-corrected chi connectivity index (χ3v) is 4.25. The minimum Gasteiger partial charge on any atom is -0.444 e. The Morgan fingerprint density at radius 2 is 2.24 bits per heavy atom.